The van der Waals surface area contributed by atoms with Crippen molar-refractivity contribution in [3.8, 4) is 18.1 Å². The van der Waals surface area contributed by atoms with E-state index in [1.165, 1.54) is 0 Å². The highest BCUT2D eigenvalue weighted by Crippen LogP contribution is 2.26. The largest absolute Gasteiger partial charge is 0.507 e. The maximum Gasteiger partial charge on any atom is 0.131 e. The second-order valence-electron chi connectivity index (χ2n) is 2.91. The van der Waals surface area contributed by atoms with E-state index in [9.17, 15) is 5.11 Å². The summed E-state index contributed by atoms with van der Waals surface area (Å²) >= 11 is 0. The van der Waals surface area contributed by atoms with Gasteiger partial charge in [0, 0.05) is 5.92 Å². The highest BCUT2D eigenvalue weighted by Gasteiger charge is 2.08. The van der Waals surface area contributed by atoms with Gasteiger partial charge in [0.15, 0.2) is 0 Å². The van der Waals surface area contributed by atoms with Crippen LogP contribution in [0.1, 0.15) is 24.0 Å². The highest BCUT2D eigenvalue weighted by molar-refractivity contribution is 5.51. The quantitative estimate of drug-likeness (QED) is 0.537. The van der Waals surface area contributed by atoms with Crippen molar-refractivity contribution in [1.29, 1.82) is 0 Å². The zero-order chi connectivity index (χ0) is 9.84. The summed E-state index contributed by atoms with van der Waals surface area (Å²) in [5.74, 6) is 2.81. The van der Waals surface area contributed by atoms with E-state index in [0.29, 0.717) is 5.56 Å². The highest BCUT2D eigenvalue weighted by atomic mass is 16.3. The molecule has 1 unspecified atom stereocenters. The Morgan fingerprint density at radius 1 is 1.62 bits per heavy atom. The molecule has 1 rings (SSSR count). The summed E-state index contributed by atoms with van der Waals surface area (Å²) in [7, 11) is 0. The molecule has 0 radical (unpaired) electrons. The summed E-state index contributed by atoms with van der Waals surface area (Å²) in [4.78, 5) is 0. The van der Waals surface area contributed by atoms with Crippen LogP contribution in [0.4, 0.5) is 0 Å². The molecule has 0 aliphatic heterocycles. The zero-order valence-electron chi connectivity index (χ0n) is 7.62. The minimum Gasteiger partial charge on any atom is -0.507 e. The Kier molecular flexibility index (Phi) is 2.76. The summed E-state index contributed by atoms with van der Waals surface area (Å²) in [6.07, 6.45) is 7.10. The smallest absolute Gasteiger partial charge is 0.131 e. The molecular formula is C12H12O. The molecule has 66 valence electrons. The van der Waals surface area contributed by atoms with Gasteiger partial charge in [0.25, 0.3) is 0 Å². The van der Waals surface area contributed by atoms with Crippen molar-refractivity contribution >= 4 is 0 Å². The molecule has 0 fully saturated rings. The lowest BCUT2D eigenvalue weighted by molar-refractivity contribution is 0.472. The second-order valence-corrected chi connectivity index (χ2v) is 2.91. The van der Waals surface area contributed by atoms with E-state index in [1.54, 1.807) is 18.2 Å². The molecule has 0 heterocycles. The van der Waals surface area contributed by atoms with Gasteiger partial charge >= 0.3 is 0 Å². The lowest BCUT2D eigenvalue weighted by Crippen LogP contribution is -1.93. The Hall–Kier alpha value is -1.68. The van der Waals surface area contributed by atoms with E-state index in [-0.39, 0.29) is 11.7 Å². The van der Waals surface area contributed by atoms with Crippen LogP contribution in [0.5, 0.6) is 5.75 Å². The topological polar surface area (TPSA) is 20.2 Å². The van der Waals surface area contributed by atoms with Crippen molar-refractivity contribution < 1.29 is 5.11 Å². The fourth-order valence-corrected chi connectivity index (χ4v) is 1.22. The first-order chi connectivity index (χ1) is 6.20. The summed E-state index contributed by atoms with van der Waals surface area (Å²) in [6, 6.07) is 5.28. The van der Waals surface area contributed by atoms with Gasteiger partial charge in [0.2, 0.25) is 0 Å². The van der Waals surface area contributed by atoms with Gasteiger partial charge in [-0.25, -0.2) is 0 Å². The minimum absolute atomic E-state index is 0.161. The van der Waals surface area contributed by atoms with Crippen LogP contribution in [0.3, 0.4) is 0 Å². The number of benzene rings is 1. The van der Waals surface area contributed by atoms with Crippen LogP contribution < -0.4 is 0 Å². The summed E-state index contributed by atoms with van der Waals surface area (Å²) < 4.78 is 0. The lowest BCUT2D eigenvalue weighted by atomic mass is 9.95. The standard InChI is InChI=1S/C12H12O/c1-4-9(3)11-7-6-8-12(13)10(11)5-2/h2,4,6-9,13H,1H2,3H3. The molecule has 1 aromatic rings. The van der Waals surface area contributed by atoms with Crippen LogP contribution in [0.2, 0.25) is 0 Å². The number of phenolic OH excluding ortho intramolecular Hbond substituents is 1. The number of phenols is 1. The molecule has 0 aliphatic rings. The van der Waals surface area contributed by atoms with E-state index in [0.717, 1.165) is 5.56 Å². The minimum atomic E-state index is 0.161. The van der Waals surface area contributed by atoms with Crippen molar-refractivity contribution in [2.75, 3.05) is 0 Å². The average Bonchev–Trinajstić information content (AvgIpc) is 2.16. The van der Waals surface area contributed by atoms with Crippen LogP contribution in [0.25, 0.3) is 0 Å². The predicted octanol–water partition coefficient (Wildman–Crippen LogP) is 2.66. The number of hydrogen-bond acceptors (Lipinski definition) is 1. The first kappa shape index (κ1) is 9.41. The number of terminal acetylenes is 1. The van der Waals surface area contributed by atoms with Crippen LogP contribution in [-0.4, -0.2) is 5.11 Å². The Morgan fingerprint density at radius 2 is 2.31 bits per heavy atom. The summed E-state index contributed by atoms with van der Waals surface area (Å²) in [6.45, 7) is 5.68. The molecular weight excluding hydrogens is 160 g/mol. The summed E-state index contributed by atoms with van der Waals surface area (Å²) in [5.41, 5.74) is 1.51. The number of rotatable bonds is 2. The third-order valence-corrected chi connectivity index (χ3v) is 2.06. The van der Waals surface area contributed by atoms with Crippen molar-refractivity contribution in [3.05, 3.63) is 42.0 Å². The van der Waals surface area contributed by atoms with E-state index in [2.05, 4.69) is 12.5 Å². The Morgan fingerprint density at radius 3 is 2.85 bits per heavy atom. The maximum absolute atomic E-state index is 9.46. The van der Waals surface area contributed by atoms with Crippen molar-refractivity contribution in [2.45, 2.75) is 12.8 Å². The third-order valence-electron chi connectivity index (χ3n) is 2.06. The molecule has 0 aliphatic carbocycles. The zero-order valence-corrected chi connectivity index (χ0v) is 7.62. The molecule has 1 N–H and O–H groups in total. The summed E-state index contributed by atoms with van der Waals surface area (Å²) in [5, 5.41) is 9.46. The normalized spacial score (nSPS) is 11.7. The van der Waals surface area contributed by atoms with Crippen molar-refractivity contribution in [2.24, 2.45) is 0 Å². The van der Waals surface area contributed by atoms with Gasteiger partial charge in [-0.05, 0) is 11.6 Å². The van der Waals surface area contributed by atoms with Crippen molar-refractivity contribution in [3.63, 3.8) is 0 Å². The van der Waals surface area contributed by atoms with Gasteiger partial charge in [-0.15, -0.1) is 13.0 Å². The molecule has 13 heavy (non-hydrogen) atoms. The first-order valence-corrected chi connectivity index (χ1v) is 4.11. The van der Waals surface area contributed by atoms with Gasteiger partial charge in [-0.1, -0.05) is 31.1 Å². The number of hydrogen-bond donors (Lipinski definition) is 1. The SMILES string of the molecule is C#Cc1c(O)cccc1C(C)C=C. The lowest BCUT2D eigenvalue weighted by Gasteiger charge is -2.09. The Balaban J connectivity index is 3.29. The first-order valence-electron chi connectivity index (χ1n) is 4.11. The van der Waals surface area contributed by atoms with Gasteiger partial charge in [0.1, 0.15) is 5.75 Å². The van der Waals surface area contributed by atoms with Crippen LogP contribution >= 0.6 is 0 Å². The molecule has 1 nitrogen and oxygen atoms in total. The Labute approximate surface area is 78.7 Å². The van der Waals surface area contributed by atoms with Crippen LogP contribution in [0, 0.1) is 12.3 Å². The van der Waals surface area contributed by atoms with Crippen LogP contribution in [-0.2, 0) is 0 Å². The molecule has 1 aromatic carbocycles. The van der Waals surface area contributed by atoms with Gasteiger partial charge < -0.3 is 5.11 Å². The second kappa shape index (κ2) is 3.82. The average molecular weight is 172 g/mol. The molecule has 0 saturated carbocycles. The van der Waals surface area contributed by atoms with Gasteiger partial charge in [-0.3, -0.25) is 0 Å². The van der Waals surface area contributed by atoms with E-state index in [1.807, 2.05) is 13.0 Å². The van der Waals surface area contributed by atoms with E-state index in [4.69, 9.17) is 6.42 Å². The Bertz CT molecular complexity index is 358. The fraction of sp³-hybridized carbons (Fsp3) is 0.167. The monoisotopic (exact) mass is 172 g/mol. The van der Waals surface area contributed by atoms with E-state index < -0.39 is 0 Å². The molecule has 0 aromatic heterocycles. The fourth-order valence-electron chi connectivity index (χ4n) is 1.22. The van der Waals surface area contributed by atoms with Gasteiger partial charge in [0.05, 0.1) is 5.56 Å². The maximum atomic E-state index is 9.46. The number of aromatic hydroxyl groups is 1. The predicted molar refractivity (Wildman–Crippen MR) is 54.7 cm³/mol. The molecule has 0 spiro atoms. The van der Waals surface area contributed by atoms with Crippen LogP contribution in [0.15, 0.2) is 30.9 Å². The van der Waals surface area contributed by atoms with Gasteiger partial charge in [-0.2, -0.15) is 0 Å². The van der Waals surface area contributed by atoms with Crippen molar-refractivity contribution in [1.82, 2.24) is 0 Å². The molecule has 1 atom stereocenters. The molecule has 0 amide bonds. The molecule has 0 saturated heterocycles. The third kappa shape index (κ3) is 1.73. The molecule has 1 heteroatoms. The van der Waals surface area contributed by atoms with E-state index >= 15 is 0 Å². The number of allylic oxidation sites excluding steroid dienone is 1. The molecule has 0 bridgehead atoms.